The van der Waals surface area contributed by atoms with E-state index in [-0.39, 0.29) is 0 Å². The van der Waals surface area contributed by atoms with Gasteiger partial charge < -0.3 is 4.74 Å². The molecule has 0 atom stereocenters. The first-order valence-electron chi connectivity index (χ1n) is 9.16. The lowest BCUT2D eigenvalue weighted by Gasteiger charge is -2.10. The van der Waals surface area contributed by atoms with Gasteiger partial charge in [-0.05, 0) is 55.2 Å². The van der Waals surface area contributed by atoms with E-state index in [0.717, 1.165) is 23.4 Å². The van der Waals surface area contributed by atoms with Gasteiger partial charge in [0.1, 0.15) is 5.75 Å². The predicted molar refractivity (Wildman–Crippen MR) is 108 cm³/mol. The Labute approximate surface area is 172 Å². The van der Waals surface area contributed by atoms with Crippen molar-refractivity contribution in [3.8, 4) is 11.6 Å². The second-order valence-electron chi connectivity index (χ2n) is 6.67. The lowest BCUT2D eigenvalue weighted by molar-refractivity contribution is -0.137. The van der Waals surface area contributed by atoms with Gasteiger partial charge in [-0.2, -0.15) is 18.2 Å². The van der Waals surface area contributed by atoms with Gasteiger partial charge in [-0.1, -0.05) is 43.0 Å². The molecule has 0 bridgehead atoms. The van der Waals surface area contributed by atoms with Gasteiger partial charge in [0.25, 0.3) is 0 Å². The Hall–Kier alpha value is -2.54. The zero-order valence-corrected chi connectivity index (χ0v) is 17.2. The molecule has 1 aromatic heterocycles. The summed E-state index contributed by atoms with van der Waals surface area (Å²) < 4.78 is 44.6. The van der Waals surface area contributed by atoms with Crippen LogP contribution in [0.5, 0.6) is 11.6 Å². The molecule has 0 saturated heterocycles. The van der Waals surface area contributed by atoms with Crippen LogP contribution in [-0.2, 0) is 18.3 Å². The fourth-order valence-corrected chi connectivity index (χ4v) is 3.44. The molecule has 1 heterocycles. The van der Waals surface area contributed by atoms with E-state index in [1.165, 1.54) is 23.4 Å². The molecule has 3 aromatic rings. The standard InChI is InChI=1S/C22H21F3N2OS/c1-4-18-12-20(28-19-9-8-14(2)15(3)10-19)27-21(26-18)29-13-16-6-5-7-17(11-16)22(23,24)25/h5-12H,4,13H2,1-3H3. The summed E-state index contributed by atoms with van der Waals surface area (Å²) in [6.07, 6.45) is -3.66. The summed E-state index contributed by atoms with van der Waals surface area (Å²) >= 11 is 1.28. The predicted octanol–water partition coefficient (Wildman–Crippen LogP) is 6.76. The quantitative estimate of drug-likeness (QED) is 0.327. The molecule has 0 fully saturated rings. The fraction of sp³-hybridized carbons (Fsp3) is 0.273. The summed E-state index contributed by atoms with van der Waals surface area (Å²) in [7, 11) is 0. The van der Waals surface area contributed by atoms with E-state index in [0.29, 0.717) is 34.5 Å². The number of rotatable bonds is 6. The van der Waals surface area contributed by atoms with Crippen LogP contribution in [-0.4, -0.2) is 9.97 Å². The molecule has 0 aliphatic heterocycles. The van der Waals surface area contributed by atoms with Gasteiger partial charge in [-0.3, -0.25) is 0 Å². The SMILES string of the molecule is CCc1cc(Oc2ccc(C)c(C)c2)nc(SCc2cccc(C(F)(F)F)c2)n1. The Balaban J connectivity index is 1.77. The third-order valence-electron chi connectivity index (χ3n) is 4.42. The monoisotopic (exact) mass is 418 g/mol. The third-order valence-corrected chi connectivity index (χ3v) is 5.34. The van der Waals surface area contributed by atoms with Crippen molar-refractivity contribution in [2.45, 2.75) is 44.3 Å². The largest absolute Gasteiger partial charge is 0.439 e. The van der Waals surface area contributed by atoms with Crippen molar-refractivity contribution in [3.05, 3.63) is 76.5 Å². The summed E-state index contributed by atoms with van der Waals surface area (Å²) in [5.41, 5.74) is 3.01. The van der Waals surface area contributed by atoms with Gasteiger partial charge in [0.15, 0.2) is 5.16 Å². The van der Waals surface area contributed by atoms with E-state index in [1.807, 2.05) is 39.0 Å². The lowest BCUT2D eigenvalue weighted by atomic mass is 10.1. The number of aromatic nitrogens is 2. The van der Waals surface area contributed by atoms with Crippen LogP contribution in [0.15, 0.2) is 53.7 Å². The highest BCUT2D eigenvalue weighted by molar-refractivity contribution is 7.98. The Morgan fingerprint density at radius 3 is 2.45 bits per heavy atom. The van der Waals surface area contributed by atoms with E-state index in [9.17, 15) is 13.2 Å². The Bertz CT molecular complexity index is 1010. The van der Waals surface area contributed by atoms with Crippen LogP contribution < -0.4 is 4.74 Å². The number of hydrogen-bond acceptors (Lipinski definition) is 4. The van der Waals surface area contributed by atoms with Crippen LogP contribution in [0.1, 0.15) is 34.9 Å². The number of aryl methyl sites for hydroxylation is 3. The maximum atomic E-state index is 12.9. The van der Waals surface area contributed by atoms with E-state index in [1.54, 1.807) is 12.1 Å². The van der Waals surface area contributed by atoms with Crippen molar-refractivity contribution >= 4 is 11.8 Å². The number of benzene rings is 2. The van der Waals surface area contributed by atoms with Crippen LogP contribution in [0.4, 0.5) is 13.2 Å². The first-order chi connectivity index (χ1) is 13.7. The van der Waals surface area contributed by atoms with Gasteiger partial charge in [-0.25, -0.2) is 4.98 Å². The zero-order chi connectivity index (χ0) is 21.0. The summed E-state index contributed by atoms with van der Waals surface area (Å²) in [4.78, 5) is 8.88. The number of thioether (sulfide) groups is 1. The van der Waals surface area contributed by atoms with E-state index in [2.05, 4.69) is 9.97 Å². The first-order valence-corrected chi connectivity index (χ1v) is 10.1. The van der Waals surface area contributed by atoms with Gasteiger partial charge in [0.2, 0.25) is 5.88 Å². The van der Waals surface area contributed by atoms with Crippen molar-refractivity contribution < 1.29 is 17.9 Å². The first kappa shape index (κ1) is 21.2. The molecule has 0 unspecified atom stereocenters. The molecule has 0 spiro atoms. The molecule has 0 radical (unpaired) electrons. The fourth-order valence-electron chi connectivity index (χ4n) is 2.63. The van der Waals surface area contributed by atoms with Crippen molar-refractivity contribution in [1.82, 2.24) is 9.97 Å². The lowest BCUT2D eigenvalue weighted by Crippen LogP contribution is -2.05. The average Bonchev–Trinajstić information content (AvgIpc) is 2.68. The molecule has 152 valence electrons. The molecule has 7 heteroatoms. The van der Waals surface area contributed by atoms with Crippen molar-refractivity contribution in [3.63, 3.8) is 0 Å². The smallest absolute Gasteiger partial charge is 0.416 e. The second-order valence-corrected chi connectivity index (χ2v) is 7.61. The minimum absolute atomic E-state index is 0.333. The maximum absolute atomic E-state index is 12.9. The van der Waals surface area contributed by atoms with Gasteiger partial charge in [0.05, 0.1) is 5.56 Å². The number of halogens is 3. The molecule has 0 saturated carbocycles. The zero-order valence-electron chi connectivity index (χ0n) is 16.4. The number of hydrogen-bond donors (Lipinski definition) is 0. The maximum Gasteiger partial charge on any atom is 0.416 e. The third kappa shape index (κ3) is 5.73. The van der Waals surface area contributed by atoms with E-state index < -0.39 is 11.7 Å². The molecule has 0 aliphatic carbocycles. The summed E-state index contributed by atoms with van der Waals surface area (Å²) in [5, 5.41) is 0.473. The van der Waals surface area contributed by atoms with Crippen molar-refractivity contribution in [1.29, 1.82) is 0 Å². The number of alkyl halides is 3. The Morgan fingerprint density at radius 2 is 1.76 bits per heavy atom. The normalized spacial score (nSPS) is 11.5. The van der Waals surface area contributed by atoms with Crippen molar-refractivity contribution in [2.75, 3.05) is 0 Å². The van der Waals surface area contributed by atoms with Crippen LogP contribution in [0.3, 0.4) is 0 Å². The molecule has 0 aliphatic rings. The molecule has 2 aromatic carbocycles. The summed E-state index contributed by atoms with van der Waals surface area (Å²) in [6, 6.07) is 12.9. The van der Waals surface area contributed by atoms with Crippen LogP contribution in [0.25, 0.3) is 0 Å². The molecule has 3 nitrogen and oxygen atoms in total. The molecule has 29 heavy (non-hydrogen) atoms. The minimum atomic E-state index is -4.35. The van der Waals surface area contributed by atoms with E-state index >= 15 is 0 Å². The van der Waals surface area contributed by atoms with Crippen LogP contribution in [0.2, 0.25) is 0 Å². The Kier molecular flexibility index (Phi) is 6.47. The van der Waals surface area contributed by atoms with Crippen LogP contribution >= 0.6 is 11.8 Å². The highest BCUT2D eigenvalue weighted by atomic mass is 32.2. The minimum Gasteiger partial charge on any atom is -0.439 e. The van der Waals surface area contributed by atoms with Crippen LogP contribution in [0, 0.1) is 13.8 Å². The summed E-state index contributed by atoms with van der Waals surface area (Å²) in [6.45, 7) is 6.01. The van der Waals surface area contributed by atoms with E-state index in [4.69, 9.17) is 4.74 Å². The Morgan fingerprint density at radius 1 is 0.966 bits per heavy atom. The molecule has 3 rings (SSSR count). The van der Waals surface area contributed by atoms with Gasteiger partial charge in [0, 0.05) is 17.5 Å². The number of nitrogens with zero attached hydrogens (tertiary/aromatic N) is 2. The number of ether oxygens (including phenoxy) is 1. The second kappa shape index (κ2) is 8.86. The highest BCUT2D eigenvalue weighted by Crippen LogP contribution is 2.31. The average molecular weight is 418 g/mol. The summed E-state index contributed by atoms with van der Waals surface area (Å²) in [5.74, 6) is 1.44. The molecule has 0 amide bonds. The van der Waals surface area contributed by atoms with Crippen molar-refractivity contribution in [2.24, 2.45) is 0 Å². The molecular formula is C22H21F3N2OS. The topological polar surface area (TPSA) is 35.0 Å². The molecule has 0 N–H and O–H groups in total. The highest BCUT2D eigenvalue weighted by Gasteiger charge is 2.30. The van der Waals surface area contributed by atoms with Gasteiger partial charge in [-0.15, -0.1) is 0 Å². The van der Waals surface area contributed by atoms with Gasteiger partial charge >= 0.3 is 6.18 Å². The molecular weight excluding hydrogens is 397 g/mol.